The minimum Gasteiger partial charge on any atom is -0.506 e. The van der Waals surface area contributed by atoms with Crippen molar-refractivity contribution in [2.75, 3.05) is 19.3 Å². The van der Waals surface area contributed by atoms with Crippen molar-refractivity contribution in [2.45, 2.75) is 63.3 Å². The summed E-state index contributed by atoms with van der Waals surface area (Å²) in [7, 11) is -3.46. The summed E-state index contributed by atoms with van der Waals surface area (Å²) >= 11 is 0. The number of hydrogen-bond donors (Lipinski definition) is 1. The summed E-state index contributed by atoms with van der Waals surface area (Å²) < 4.78 is 24.1. The standard InChI is InChI=1S/C18H29NO3S.ClH/c1-18(2,3)15-11-14(13-19-9-7-5-6-8-10-19)17(20)16(12-15)23(4,21)22;/h11-12,20H,5-10,13H2,1-4H3;1H. The van der Waals surface area contributed by atoms with E-state index in [9.17, 15) is 13.5 Å². The lowest BCUT2D eigenvalue weighted by Gasteiger charge is -2.25. The third-order valence-electron chi connectivity index (χ3n) is 4.51. The summed E-state index contributed by atoms with van der Waals surface area (Å²) in [5.41, 5.74) is 1.50. The topological polar surface area (TPSA) is 57.6 Å². The highest BCUT2D eigenvalue weighted by Gasteiger charge is 2.24. The van der Waals surface area contributed by atoms with Crippen LogP contribution in [0.2, 0.25) is 0 Å². The molecule has 0 aliphatic carbocycles. The van der Waals surface area contributed by atoms with E-state index < -0.39 is 9.84 Å². The zero-order valence-electron chi connectivity index (χ0n) is 15.1. The first-order valence-corrected chi connectivity index (χ1v) is 10.3. The van der Waals surface area contributed by atoms with Gasteiger partial charge in [0, 0.05) is 18.4 Å². The monoisotopic (exact) mass is 375 g/mol. The van der Waals surface area contributed by atoms with Gasteiger partial charge in [-0.1, -0.05) is 39.7 Å². The molecule has 138 valence electrons. The molecule has 0 unspecified atom stereocenters. The summed E-state index contributed by atoms with van der Waals surface area (Å²) in [5, 5.41) is 10.5. The minimum atomic E-state index is -3.46. The molecular formula is C18H30ClNO3S. The van der Waals surface area contributed by atoms with Crippen molar-refractivity contribution < 1.29 is 13.5 Å². The SMILES string of the molecule is CC(C)(C)c1cc(CN2CCCCCC2)c(O)c(S(C)(=O)=O)c1.Cl. The van der Waals surface area contributed by atoms with Gasteiger partial charge in [-0.15, -0.1) is 12.4 Å². The average molecular weight is 376 g/mol. The van der Waals surface area contributed by atoms with Gasteiger partial charge >= 0.3 is 0 Å². The lowest BCUT2D eigenvalue weighted by molar-refractivity contribution is 0.271. The Labute approximate surface area is 152 Å². The zero-order chi connectivity index (χ0) is 17.3. The summed E-state index contributed by atoms with van der Waals surface area (Å²) in [6.07, 6.45) is 5.99. The van der Waals surface area contributed by atoms with E-state index in [-0.39, 0.29) is 28.5 Å². The fourth-order valence-corrected chi connectivity index (χ4v) is 3.86. The highest BCUT2D eigenvalue weighted by molar-refractivity contribution is 7.90. The number of benzene rings is 1. The van der Waals surface area contributed by atoms with Gasteiger partial charge in [0.15, 0.2) is 9.84 Å². The van der Waals surface area contributed by atoms with Crippen LogP contribution in [-0.4, -0.2) is 37.8 Å². The molecule has 2 rings (SSSR count). The Morgan fingerprint density at radius 3 is 2.08 bits per heavy atom. The quantitative estimate of drug-likeness (QED) is 0.870. The number of phenols is 1. The molecule has 0 bridgehead atoms. The smallest absolute Gasteiger partial charge is 0.179 e. The van der Waals surface area contributed by atoms with Crippen molar-refractivity contribution in [3.63, 3.8) is 0 Å². The first-order chi connectivity index (χ1) is 10.6. The van der Waals surface area contributed by atoms with Crippen LogP contribution in [0, 0.1) is 0 Å². The first kappa shape index (κ1) is 21.3. The van der Waals surface area contributed by atoms with Crippen LogP contribution in [0.1, 0.15) is 57.6 Å². The maximum atomic E-state index is 12.1. The van der Waals surface area contributed by atoms with Gasteiger partial charge in [-0.25, -0.2) is 8.42 Å². The van der Waals surface area contributed by atoms with Crippen LogP contribution in [0.3, 0.4) is 0 Å². The second-order valence-electron chi connectivity index (χ2n) is 7.69. The summed E-state index contributed by atoms with van der Waals surface area (Å²) in [6.45, 7) is 8.79. The lowest BCUT2D eigenvalue weighted by atomic mass is 9.86. The number of sulfone groups is 1. The third-order valence-corrected chi connectivity index (χ3v) is 5.62. The van der Waals surface area contributed by atoms with E-state index in [1.807, 2.05) is 6.07 Å². The van der Waals surface area contributed by atoms with Gasteiger partial charge in [-0.2, -0.15) is 0 Å². The number of aromatic hydroxyl groups is 1. The number of likely N-dealkylation sites (tertiary alicyclic amines) is 1. The third kappa shape index (κ3) is 5.36. The van der Waals surface area contributed by atoms with Crippen LogP contribution in [0.5, 0.6) is 5.75 Å². The summed E-state index contributed by atoms with van der Waals surface area (Å²) in [5.74, 6) is -0.0789. The predicted octanol–water partition coefficient (Wildman–Crippen LogP) is 3.89. The van der Waals surface area contributed by atoms with Gasteiger partial charge in [0.2, 0.25) is 0 Å². The molecule has 1 N–H and O–H groups in total. The molecule has 0 atom stereocenters. The minimum absolute atomic E-state index is 0. The van der Waals surface area contributed by atoms with E-state index in [4.69, 9.17) is 0 Å². The molecule has 4 nitrogen and oxygen atoms in total. The van der Waals surface area contributed by atoms with Crippen molar-refractivity contribution in [3.05, 3.63) is 23.3 Å². The Morgan fingerprint density at radius 1 is 1.08 bits per heavy atom. The first-order valence-electron chi connectivity index (χ1n) is 8.38. The van der Waals surface area contributed by atoms with E-state index in [0.717, 1.165) is 30.5 Å². The normalized spacial score (nSPS) is 17.2. The molecule has 1 aromatic carbocycles. The Bertz CT molecular complexity index is 658. The van der Waals surface area contributed by atoms with Gasteiger partial charge in [-0.05, 0) is 43.0 Å². The molecule has 0 radical (unpaired) electrons. The summed E-state index contributed by atoms with van der Waals surface area (Å²) in [4.78, 5) is 2.37. The van der Waals surface area contributed by atoms with Crippen molar-refractivity contribution in [2.24, 2.45) is 0 Å². The Morgan fingerprint density at radius 2 is 1.62 bits per heavy atom. The second-order valence-corrected chi connectivity index (χ2v) is 9.68. The fourth-order valence-electron chi connectivity index (χ4n) is 3.04. The highest BCUT2D eigenvalue weighted by Crippen LogP contribution is 2.34. The van der Waals surface area contributed by atoms with Crippen molar-refractivity contribution in [1.29, 1.82) is 0 Å². The van der Waals surface area contributed by atoms with Gasteiger partial charge < -0.3 is 5.11 Å². The summed E-state index contributed by atoms with van der Waals surface area (Å²) in [6, 6.07) is 3.59. The van der Waals surface area contributed by atoms with E-state index in [2.05, 4.69) is 25.7 Å². The van der Waals surface area contributed by atoms with Gasteiger partial charge in [0.05, 0.1) is 0 Å². The Balaban J connectivity index is 0.00000288. The van der Waals surface area contributed by atoms with Crippen LogP contribution in [0.15, 0.2) is 17.0 Å². The fraction of sp³-hybridized carbons (Fsp3) is 0.667. The molecule has 1 aliphatic rings. The van der Waals surface area contributed by atoms with Crippen LogP contribution in [0.25, 0.3) is 0 Å². The maximum Gasteiger partial charge on any atom is 0.179 e. The number of rotatable bonds is 3. The van der Waals surface area contributed by atoms with Crippen molar-refractivity contribution in [3.8, 4) is 5.75 Å². The average Bonchev–Trinajstić information content (AvgIpc) is 2.67. The van der Waals surface area contributed by atoms with E-state index in [0.29, 0.717) is 6.54 Å². The predicted molar refractivity (Wildman–Crippen MR) is 101 cm³/mol. The molecule has 1 heterocycles. The number of phenolic OH excluding ortho intramolecular Hbond substituents is 1. The van der Waals surface area contributed by atoms with Crippen molar-refractivity contribution in [1.82, 2.24) is 4.90 Å². The molecule has 24 heavy (non-hydrogen) atoms. The van der Waals surface area contributed by atoms with Crippen LogP contribution < -0.4 is 0 Å². The molecule has 0 saturated carbocycles. The molecule has 0 amide bonds. The number of halogens is 1. The molecule has 1 saturated heterocycles. The number of nitrogens with zero attached hydrogens (tertiary/aromatic N) is 1. The van der Waals surface area contributed by atoms with Gasteiger partial charge in [0.25, 0.3) is 0 Å². The second kappa shape index (κ2) is 8.07. The molecule has 0 aromatic heterocycles. The van der Waals surface area contributed by atoms with Crippen LogP contribution in [-0.2, 0) is 21.8 Å². The van der Waals surface area contributed by atoms with Crippen LogP contribution >= 0.6 is 12.4 Å². The van der Waals surface area contributed by atoms with E-state index >= 15 is 0 Å². The van der Waals surface area contributed by atoms with Gasteiger partial charge in [-0.3, -0.25) is 4.90 Å². The zero-order valence-corrected chi connectivity index (χ0v) is 16.8. The molecular weight excluding hydrogens is 346 g/mol. The van der Waals surface area contributed by atoms with E-state index in [1.165, 1.54) is 25.7 Å². The largest absolute Gasteiger partial charge is 0.506 e. The van der Waals surface area contributed by atoms with E-state index in [1.54, 1.807) is 6.07 Å². The Kier molecular flexibility index (Phi) is 7.15. The molecule has 1 aliphatic heterocycles. The lowest BCUT2D eigenvalue weighted by Crippen LogP contribution is -2.24. The van der Waals surface area contributed by atoms with Crippen LogP contribution in [0.4, 0.5) is 0 Å². The molecule has 6 heteroatoms. The molecule has 0 spiro atoms. The number of hydrogen-bond acceptors (Lipinski definition) is 4. The maximum absolute atomic E-state index is 12.1. The Hall–Kier alpha value is -0.780. The van der Waals surface area contributed by atoms with Gasteiger partial charge in [0.1, 0.15) is 10.6 Å². The molecule has 1 aromatic rings. The highest BCUT2D eigenvalue weighted by atomic mass is 35.5. The van der Waals surface area contributed by atoms with Crippen molar-refractivity contribution >= 4 is 22.2 Å². The molecule has 1 fully saturated rings.